The van der Waals surface area contributed by atoms with E-state index in [4.69, 9.17) is 4.42 Å². The van der Waals surface area contributed by atoms with E-state index in [0.29, 0.717) is 0 Å². The molecular weight excluding hydrogens is 717 g/mol. The van der Waals surface area contributed by atoms with Crippen LogP contribution in [-0.2, 0) is 0 Å². The van der Waals surface area contributed by atoms with Gasteiger partial charge in [0, 0.05) is 49.7 Å². The smallest absolute Gasteiger partial charge is 0.143 e. The van der Waals surface area contributed by atoms with Crippen LogP contribution in [0.3, 0.4) is 0 Å². The van der Waals surface area contributed by atoms with E-state index < -0.39 is 0 Å². The summed E-state index contributed by atoms with van der Waals surface area (Å²) >= 11 is 0. The van der Waals surface area contributed by atoms with Gasteiger partial charge in [-0.15, -0.1) is 0 Å². The second kappa shape index (κ2) is 13.4. The summed E-state index contributed by atoms with van der Waals surface area (Å²) in [5, 5.41) is 9.59. The topological polar surface area (TPSA) is 21.3 Å². The molecule has 0 saturated heterocycles. The van der Waals surface area contributed by atoms with Crippen molar-refractivity contribution in [1.29, 1.82) is 0 Å². The Morgan fingerprint density at radius 3 is 1.59 bits per heavy atom. The van der Waals surface area contributed by atoms with Gasteiger partial charge >= 0.3 is 0 Å². The van der Waals surface area contributed by atoms with Gasteiger partial charge in [-0.2, -0.15) is 0 Å². The molecule has 0 aliphatic rings. The summed E-state index contributed by atoms with van der Waals surface area (Å²) in [6.45, 7) is 0. The molecule has 3 nitrogen and oxygen atoms in total. The van der Waals surface area contributed by atoms with Crippen molar-refractivity contribution in [3.63, 3.8) is 0 Å². The second-order valence-corrected chi connectivity index (χ2v) is 15.3. The van der Waals surface area contributed by atoms with E-state index in [1.807, 2.05) is 0 Å². The Morgan fingerprint density at radius 1 is 0.356 bits per heavy atom. The number of fused-ring (bicyclic) bond motifs is 9. The van der Waals surface area contributed by atoms with Gasteiger partial charge in [-0.25, -0.2) is 0 Å². The van der Waals surface area contributed by atoms with Crippen molar-refractivity contribution in [2.45, 2.75) is 0 Å². The lowest BCUT2D eigenvalue weighted by atomic mass is 9.98. The Labute approximate surface area is 341 Å². The summed E-state index contributed by atoms with van der Waals surface area (Å²) in [6, 6.07) is 78.7. The SMILES string of the molecule is c1ccc2cc(-c3ccc(N(c4ccc(-c5cccc6oc7c8ccccc8ccc7c56)cc4)c4ccc(-n5c6ccccc6c6ccccc65)cc4)cc3)ccc2c1. The molecule has 0 saturated carbocycles. The van der Waals surface area contributed by atoms with Gasteiger partial charge in [0.05, 0.1) is 11.0 Å². The minimum atomic E-state index is 0.898. The highest BCUT2D eigenvalue weighted by Crippen LogP contribution is 2.42. The molecule has 276 valence electrons. The summed E-state index contributed by atoms with van der Waals surface area (Å²) in [5.74, 6) is 0. The molecule has 0 atom stereocenters. The highest BCUT2D eigenvalue weighted by molar-refractivity contribution is 6.19. The minimum absolute atomic E-state index is 0.898. The molecule has 12 aromatic rings. The molecule has 0 fully saturated rings. The number of aromatic nitrogens is 1. The third-order valence-electron chi connectivity index (χ3n) is 12.0. The average molecular weight is 753 g/mol. The number of benzene rings is 10. The van der Waals surface area contributed by atoms with E-state index in [1.165, 1.54) is 49.1 Å². The molecule has 12 rings (SSSR count). The molecule has 0 aliphatic carbocycles. The van der Waals surface area contributed by atoms with Crippen molar-refractivity contribution < 1.29 is 4.42 Å². The first-order valence-electron chi connectivity index (χ1n) is 20.2. The summed E-state index contributed by atoms with van der Waals surface area (Å²) in [4.78, 5) is 2.35. The fraction of sp³-hybridized carbons (Fsp3) is 0. The van der Waals surface area contributed by atoms with Gasteiger partial charge in [0.15, 0.2) is 0 Å². The lowest BCUT2D eigenvalue weighted by Gasteiger charge is -2.26. The van der Waals surface area contributed by atoms with Gasteiger partial charge in [-0.1, -0.05) is 140 Å². The zero-order chi connectivity index (χ0) is 38.9. The lowest BCUT2D eigenvalue weighted by molar-refractivity contribution is 0.673. The third-order valence-corrected chi connectivity index (χ3v) is 12.0. The van der Waals surface area contributed by atoms with Crippen LogP contribution in [-0.4, -0.2) is 4.57 Å². The van der Waals surface area contributed by atoms with E-state index in [2.05, 4.69) is 228 Å². The van der Waals surface area contributed by atoms with Gasteiger partial charge in [-0.3, -0.25) is 0 Å². The Balaban J connectivity index is 0.965. The normalized spacial score (nSPS) is 11.7. The van der Waals surface area contributed by atoms with E-state index in [9.17, 15) is 0 Å². The van der Waals surface area contributed by atoms with E-state index in [0.717, 1.165) is 61.2 Å². The van der Waals surface area contributed by atoms with Crippen molar-refractivity contribution in [3.05, 3.63) is 218 Å². The van der Waals surface area contributed by atoms with Gasteiger partial charge in [0.2, 0.25) is 0 Å². The predicted molar refractivity (Wildman–Crippen MR) is 249 cm³/mol. The maximum Gasteiger partial charge on any atom is 0.143 e. The summed E-state index contributed by atoms with van der Waals surface area (Å²) in [5.41, 5.74) is 13.3. The summed E-state index contributed by atoms with van der Waals surface area (Å²) in [7, 11) is 0. The van der Waals surface area contributed by atoms with Crippen molar-refractivity contribution >= 4 is 82.4 Å². The first-order valence-corrected chi connectivity index (χ1v) is 20.2. The van der Waals surface area contributed by atoms with Gasteiger partial charge in [-0.05, 0) is 117 Å². The molecule has 0 aliphatic heterocycles. The molecule has 0 unspecified atom stereocenters. The van der Waals surface area contributed by atoms with Crippen LogP contribution in [0.2, 0.25) is 0 Å². The molecule has 0 radical (unpaired) electrons. The molecule has 0 bridgehead atoms. The molecule has 10 aromatic carbocycles. The first kappa shape index (κ1) is 33.3. The largest absolute Gasteiger partial charge is 0.455 e. The van der Waals surface area contributed by atoms with E-state index >= 15 is 0 Å². The number of hydrogen-bond donors (Lipinski definition) is 0. The van der Waals surface area contributed by atoms with E-state index in [-0.39, 0.29) is 0 Å². The lowest BCUT2D eigenvalue weighted by Crippen LogP contribution is -2.10. The number of nitrogens with zero attached hydrogens (tertiary/aromatic N) is 2. The molecule has 0 N–H and O–H groups in total. The zero-order valence-electron chi connectivity index (χ0n) is 32.1. The van der Waals surface area contributed by atoms with Gasteiger partial charge in [0.25, 0.3) is 0 Å². The second-order valence-electron chi connectivity index (χ2n) is 15.3. The number of rotatable bonds is 6. The monoisotopic (exact) mass is 752 g/mol. The fourth-order valence-electron chi connectivity index (χ4n) is 9.15. The fourth-order valence-corrected chi connectivity index (χ4v) is 9.15. The molecular formula is C56H36N2O. The average Bonchev–Trinajstić information content (AvgIpc) is 3.86. The maximum absolute atomic E-state index is 6.54. The highest BCUT2D eigenvalue weighted by Gasteiger charge is 2.18. The Hall–Kier alpha value is -7.88. The number of furan rings is 1. The number of hydrogen-bond acceptors (Lipinski definition) is 2. The van der Waals surface area contributed by atoms with Gasteiger partial charge < -0.3 is 13.9 Å². The number of anilines is 3. The van der Waals surface area contributed by atoms with Crippen LogP contribution in [0.5, 0.6) is 0 Å². The Morgan fingerprint density at radius 2 is 0.898 bits per heavy atom. The van der Waals surface area contributed by atoms with Crippen LogP contribution in [0.4, 0.5) is 17.1 Å². The molecule has 3 heteroatoms. The first-order chi connectivity index (χ1) is 29.2. The quantitative estimate of drug-likeness (QED) is 0.169. The van der Waals surface area contributed by atoms with Crippen molar-refractivity contribution in [2.24, 2.45) is 0 Å². The highest BCUT2D eigenvalue weighted by atomic mass is 16.3. The van der Waals surface area contributed by atoms with Crippen molar-refractivity contribution in [2.75, 3.05) is 4.90 Å². The standard InChI is InChI=1S/C56H36N2O/c1-2-12-41-36-42(21-20-37(41)10-1)38-22-27-43(28-23-38)57(45-31-33-46(34-32-45)58-52-17-7-5-14-49(52)50-15-6-8-18-53(50)58)44-29-24-40(25-30-44)47-16-9-19-54-55(47)51-35-26-39-11-3-4-13-48(39)56(51)59-54/h1-36H. The van der Waals surface area contributed by atoms with Crippen LogP contribution >= 0.6 is 0 Å². The minimum Gasteiger partial charge on any atom is -0.455 e. The van der Waals surface area contributed by atoms with E-state index in [1.54, 1.807) is 0 Å². The zero-order valence-corrected chi connectivity index (χ0v) is 32.1. The maximum atomic E-state index is 6.54. The van der Waals surface area contributed by atoms with Crippen LogP contribution < -0.4 is 4.90 Å². The number of para-hydroxylation sites is 2. The summed E-state index contributed by atoms with van der Waals surface area (Å²) in [6.07, 6.45) is 0. The Kier molecular flexibility index (Phi) is 7.54. The van der Waals surface area contributed by atoms with Crippen molar-refractivity contribution in [1.82, 2.24) is 4.57 Å². The molecule has 0 spiro atoms. The predicted octanol–water partition coefficient (Wildman–Crippen LogP) is 15.8. The molecule has 2 aromatic heterocycles. The van der Waals surface area contributed by atoms with Crippen molar-refractivity contribution in [3.8, 4) is 27.9 Å². The van der Waals surface area contributed by atoms with Crippen LogP contribution in [0.15, 0.2) is 223 Å². The van der Waals surface area contributed by atoms with Crippen LogP contribution in [0.25, 0.3) is 93.2 Å². The molecule has 59 heavy (non-hydrogen) atoms. The van der Waals surface area contributed by atoms with Crippen LogP contribution in [0.1, 0.15) is 0 Å². The summed E-state index contributed by atoms with van der Waals surface area (Å²) < 4.78 is 8.91. The molecule has 2 heterocycles. The Bertz CT molecular complexity index is 3480. The van der Waals surface area contributed by atoms with Gasteiger partial charge in [0.1, 0.15) is 11.2 Å². The van der Waals surface area contributed by atoms with Crippen LogP contribution in [0, 0.1) is 0 Å². The molecule has 0 amide bonds. The third kappa shape index (κ3) is 5.44.